The molecule has 1 heterocycles. The molecule has 118 valence electrons. The van der Waals surface area contributed by atoms with Crippen molar-refractivity contribution < 1.29 is 18.7 Å². The van der Waals surface area contributed by atoms with Crippen LogP contribution in [-0.4, -0.2) is 25.2 Å². The van der Waals surface area contributed by atoms with E-state index in [0.717, 1.165) is 5.56 Å². The fourth-order valence-corrected chi connectivity index (χ4v) is 2.37. The van der Waals surface area contributed by atoms with Gasteiger partial charge in [0, 0.05) is 11.4 Å². The number of nitrogens with zero attached hydrogens (tertiary/aromatic N) is 1. The molecule has 1 N–H and O–H groups in total. The number of anilines is 2. The number of rotatable bonds is 4. The van der Waals surface area contributed by atoms with Crippen molar-refractivity contribution >= 4 is 23.4 Å². The number of cyclic esters (lactones) is 1. The highest BCUT2D eigenvalue weighted by molar-refractivity contribution is 5.94. The summed E-state index contributed by atoms with van der Waals surface area (Å²) in [4.78, 5) is 25.1. The van der Waals surface area contributed by atoms with E-state index in [1.54, 1.807) is 36.4 Å². The smallest absolute Gasteiger partial charge is 0.414 e. The normalized spacial score (nSPS) is 13.8. The number of halogens is 1. The van der Waals surface area contributed by atoms with Gasteiger partial charge in [0.1, 0.15) is 12.4 Å². The molecule has 0 unspecified atom stereocenters. The maximum Gasteiger partial charge on any atom is 0.414 e. The van der Waals surface area contributed by atoms with Crippen LogP contribution in [0, 0.1) is 5.82 Å². The number of carbonyl (C=O) groups excluding carboxylic acids is 2. The summed E-state index contributed by atoms with van der Waals surface area (Å²) < 4.78 is 17.8. The summed E-state index contributed by atoms with van der Waals surface area (Å²) in [6, 6.07) is 12.8. The molecule has 1 aliphatic rings. The number of carbonyl (C=O) groups is 2. The molecule has 0 atom stereocenters. The first kappa shape index (κ1) is 15.0. The molecule has 1 aliphatic heterocycles. The molecule has 0 aromatic heterocycles. The minimum Gasteiger partial charge on any atom is -0.447 e. The molecular weight excluding hydrogens is 299 g/mol. The van der Waals surface area contributed by atoms with Crippen LogP contribution in [0.15, 0.2) is 48.5 Å². The molecule has 0 bridgehead atoms. The van der Waals surface area contributed by atoms with Crippen LogP contribution in [0.1, 0.15) is 5.56 Å². The summed E-state index contributed by atoms with van der Waals surface area (Å²) in [5.74, 6) is -0.544. The highest BCUT2D eigenvalue weighted by Gasteiger charge is 2.23. The van der Waals surface area contributed by atoms with Gasteiger partial charge < -0.3 is 10.1 Å². The highest BCUT2D eigenvalue weighted by Crippen LogP contribution is 2.22. The molecule has 2 aromatic carbocycles. The van der Waals surface area contributed by atoms with E-state index in [1.165, 1.54) is 17.0 Å². The van der Waals surface area contributed by atoms with Crippen LogP contribution in [0.3, 0.4) is 0 Å². The zero-order valence-corrected chi connectivity index (χ0v) is 12.3. The number of hydrogen-bond donors (Lipinski definition) is 1. The van der Waals surface area contributed by atoms with Gasteiger partial charge in [-0.05, 0) is 35.9 Å². The minimum absolute atomic E-state index is 0.149. The van der Waals surface area contributed by atoms with E-state index in [9.17, 15) is 14.0 Å². The lowest BCUT2D eigenvalue weighted by molar-refractivity contribution is -0.115. The Morgan fingerprint density at radius 1 is 1.22 bits per heavy atom. The van der Waals surface area contributed by atoms with E-state index in [0.29, 0.717) is 24.5 Å². The Kier molecular flexibility index (Phi) is 4.23. The molecule has 2 aromatic rings. The molecule has 23 heavy (non-hydrogen) atoms. The molecule has 6 heteroatoms. The van der Waals surface area contributed by atoms with Crippen molar-refractivity contribution in [3.8, 4) is 0 Å². The van der Waals surface area contributed by atoms with E-state index < -0.39 is 0 Å². The number of nitrogens with one attached hydrogen (secondary N) is 1. The van der Waals surface area contributed by atoms with E-state index in [2.05, 4.69) is 5.32 Å². The summed E-state index contributed by atoms with van der Waals surface area (Å²) >= 11 is 0. The lowest BCUT2D eigenvalue weighted by atomic mass is 10.1. The highest BCUT2D eigenvalue weighted by atomic mass is 19.1. The number of benzene rings is 2. The Labute approximate surface area is 132 Å². The Balaban J connectivity index is 1.66. The maximum atomic E-state index is 12.9. The lowest BCUT2D eigenvalue weighted by Gasteiger charge is -2.14. The Hall–Kier alpha value is -2.89. The van der Waals surface area contributed by atoms with Crippen LogP contribution < -0.4 is 10.2 Å². The van der Waals surface area contributed by atoms with Crippen molar-refractivity contribution in [2.75, 3.05) is 23.4 Å². The molecule has 3 rings (SSSR count). The predicted molar refractivity (Wildman–Crippen MR) is 83.9 cm³/mol. The number of hydrogen-bond acceptors (Lipinski definition) is 3. The van der Waals surface area contributed by atoms with Gasteiger partial charge in [0.05, 0.1) is 13.0 Å². The third kappa shape index (κ3) is 3.66. The second kappa shape index (κ2) is 6.48. The summed E-state index contributed by atoms with van der Waals surface area (Å²) in [5, 5.41) is 2.77. The molecule has 1 saturated heterocycles. The van der Waals surface area contributed by atoms with E-state index in [-0.39, 0.29) is 24.2 Å². The largest absolute Gasteiger partial charge is 0.447 e. The minimum atomic E-state index is -0.389. The van der Waals surface area contributed by atoms with E-state index in [1.807, 2.05) is 0 Å². The van der Waals surface area contributed by atoms with E-state index in [4.69, 9.17) is 4.74 Å². The molecule has 0 saturated carbocycles. The zero-order valence-electron chi connectivity index (χ0n) is 12.3. The van der Waals surface area contributed by atoms with Crippen LogP contribution in [0.2, 0.25) is 0 Å². The molecular formula is C17H15FN2O3. The maximum absolute atomic E-state index is 12.9. The topological polar surface area (TPSA) is 58.6 Å². The monoisotopic (exact) mass is 314 g/mol. The molecule has 2 amide bonds. The van der Waals surface area contributed by atoms with Crippen molar-refractivity contribution in [2.24, 2.45) is 0 Å². The van der Waals surface area contributed by atoms with Crippen molar-refractivity contribution in [3.63, 3.8) is 0 Å². The fourth-order valence-electron chi connectivity index (χ4n) is 2.37. The molecule has 0 aliphatic carbocycles. The summed E-state index contributed by atoms with van der Waals surface area (Å²) in [6.45, 7) is 0.853. The van der Waals surface area contributed by atoms with Crippen LogP contribution in [0.4, 0.5) is 20.6 Å². The van der Waals surface area contributed by atoms with Gasteiger partial charge in [-0.2, -0.15) is 0 Å². The molecule has 0 radical (unpaired) electrons. The molecule has 5 nitrogen and oxygen atoms in total. The van der Waals surface area contributed by atoms with Gasteiger partial charge in [-0.25, -0.2) is 9.18 Å². The second-order valence-corrected chi connectivity index (χ2v) is 5.17. The van der Waals surface area contributed by atoms with Gasteiger partial charge in [-0.3, -0.25) is 9.69 Å². The number of ether oxygens (including phenoxy) is 1. The predicted octanol–water partition coefficient (Wildman–Crippen LogP) is 2.96. The van der Waals surface area contributed by atoms with Crippen molar-refractivity contribution in [2.45, 2.75) is 6.42 Å². The third-order valence-corrected chi connectivity index (χ3v) is 3.48. The quantitative estimate of drug-likeness (QED) is 0.944. The van der Waals surface area contributed by atoms with Gasteiger partial charge in [-0.1, -0.05) is 18.2 Å². The fraction of sp³-hybridized carbons (Fsp3) is 0.176. The first-order valence-corrected chi connectivity index (χ1v) is 7.20. The Morgan fingerprint density at radius 2 is 2.00 bits per heavy atom. The van der Waals surface area contributed by atoms with Gasteiger partial charge in [0.2, 0.25) is 5.91 Å². The first-order chi connectivity index (χ1) is 11.1. The van der Waals surface area contributed by atoms with Gasteiger partial charge >= 0.3 is 6.09 Å². The summed E-state index contributed by atoms with van der Waals surface area (Å²) in [7, 11) is 0. The molecule has 1 fully saturated rings. The van der Waals surface area contributed by atoms with Crippen LogP contribution in [-0.2, 0) is 16.0 Å². The zero-order chi connectivity index (χ0) is 16.2. The average molecular weight is 314 g/mol. The van der Waals surface area contributed by atoms with Crippen LogP contribution in [0.5, 0.6) is 0 Å². The van der Waals surface area contributed by atoms with Crippen LogP contribution >= 0.6 is 0 Å². The lowest BCUT2D eigenvalue weighted by Crippen LogP contribution is -2.23. The Bertz CT molecular complexity index is 731. The van der Waals surface area contributed by atoms with Crippen LogP contribution in [0.25, 0.3) is 0 Å². The van der Waals surface area contributed by atoms with Crippen molar-refractivity contribution in [1.82, 2.24) is 0 Å². The standard InChI is InChI=1S/C17H15FN2O3/c18-13-6-4-12(5-7-13)10-16(21)19-14-2-1-3-15(11-14)20-8-9-23-17(20)22/h1-7,11H,8-10H2,(H,19,21). The van der Waals surface area contributed by atoms with Gasteiger partial charge in [0.25, 0.3) is 0 Å². The average Bonchev–Trinajstić information content (AvgIpc) is 2.96. The van der Waals surface area contributed by atoms with Crippen molar-refractivity contribution in [3.05, 3.63) is 59.9 Å². The van der Waals surface area contributed by atoms with E-state index >= 15 is 0 Å². The first-order valence-electron chi connectivity index (χ1n) is 7.20. The van der Waals surface area contributed by atoms with Gasteiger partial charge in [0.15, 0.2) is 0 Å². The second-order valence-electron chi connectivity index (χ2n) is 5.17. The summed E-state index contributed by atoms with van der Waals surface area (Å²) in [5.41, 5.74) is 1.99. The Morgan fingerprint density at radius 3 is 2.70 bits per heavy atom. The number of amides is 2. The third-order valence-electron chi connectivity index (χ3n) is 3.48. The van der Waals surface area contributed by atoms with Crippen molar-refractivity contribution in [1.29, 1.82) is 0 Å². The van der Waals surface area contributed by atoms with Gasteiger partial charge in [-0.15, -0.1) is 0 Å². The summed E-state index contributed by atoms with van der Waals surface area (Å²) in [6.07, 6.45) is -0.240. The molecule has 0 spiro atoms. The SMILES string of the molecule is O=C(Cc1ccc(F)cc1)Nc1cccc(N2CCOC2=O)c1.